The van der Waals surface area contributed by atoms with Gasteiger partial charge in [0.05, 0.1) is 18.7 Å². The fourth-order valence-corrected chi connectivity index (χ4v) is 3.73. The molecule has 0 unspecified atom stereocenters. The van der Waals surface area contributed by atoms with Crippen LogP contribution in [-0.2, 0) is 16.1 Å². The van der Waals surface area contributed by atoms with Crippen molar-refractivity contribution in [2.24, 2.45) is 0 Å². The Bertz CT molecular complexity index is 1180. The molecule has 162 valence electrons. The number of carbonyl (C=O) groups excluding carboxylic acids is 2. The van der Waals surface area contributed by atoms with Crippen LogP contribution in [0.5, 0.6) is 5.75 Å². The SMILES string of the molecule is CCOc1ccc(C2=C(Nc3cccc(C)c3)C(=O)N(Cc3ccc(C)cc3)C2=O)cc1. The Balaban J connectivity index is 1.72. The minimum atomic E-state index is -0.332. The van der Waals surface area contributed by atoms with Crippen LogP contribution in [0.4, 0.5) is 5.69 Å². The van der Waals surface area contributed by atoms with E-state index in [-0.39, 0.29) is 24.1 Å². The number of anilines is 1. The first-order valence-corrected chi connectivity index (χ1v) is 10.7. The first kappa shape index (κ1) is 21.4. The highest BCUT2D eigenvalue weighted by Crippen LogP contribution is 2.32. The molecule has 1 aliphatic rings. The van der Waals surface area contributed by atoms with Crippen LogP contribution in [0.15, 0.2) is 78.5 Å². The van der Waals surface area contributed by atoms with Gasteiger partial charge in [-0.05, 0) is 61.7 Å². The standard InChI is InChI=1S/C27H26N2O3/c1-4-32-23-14-12-21(13-15-23)24-25(28-22-7-5-6-19(3)16-22)27(31)29(26(24)30)17-20-10-8-18(2)9-11-20/h5-16,28H,4,17H2,1-3H3. The maximum Gasteiger partial charge on any atom is 0.278 e. The quantitative estimate of drug-likeness (QED) is 0.535. The van der Waals surface area contributed by atoms with Crippen LogP contribution in [0, 0.1) is 13.8 Å². The number of nitrogens with zero attached hydrogens (tertiary/aromatic N) is 1. The molecule has 0 radical (unpaired) electrons. The number of hydrogen-bond donors (Lipinski definition) is 1. The van der Waals surface area contributed by atoms with Crippen LogP contribution in [0.3, 0.4) is 0 Å². The second kappa shape index (κ2) is 9.10. The van der Waals surface area contributed by atoms with Gasteiger partial charge >= 0.3 is 0 Å². The molecule has 0 fully saturated rings. The third-order valence-corrected chi connectivity index (χ3v) is 5.37. The summed E-state index contributed by atoms with van der Waals surface area (Å²) < 4.78 is 5.52. The number of nitrogens with one attached hydrogen (secondary N) is 1. The lowest BCUT2D eigenvalue weighted by atomic mass is 10.0. The fourth-order valence-electron chi connectivity index (χ4n) is 3.73. The van der Waals surface area contributed by atoms with Crippen molar-refractivity contribution in [1.82, 2.24) is 4.90 Å². The average Bonchev–Trinajstić information content (AvgIpc) is 3.00. The number of ether oxygens (including phenoxy) is 1. The van der Waals surface area contributed by atoms with E-state index in [1.165, 1.54) is 4.90 Å². The summed E-state index contributed by atoms with van der Waals surface area (Å²) in [4.78, 5) is 28.1. The van der Waals surface area contributed by atoms with Crippen LogP contribution in [0.2, 0.25) is 0 Å². The summed E-state index contributed by atoms with van der Waals surface area (Å²) in [7, 11) is 0. The lowest BCUT2D eigenvalue weighted by Crippen LogP contribution is -2.32. The van der Waals surface area contributed by atoms with Crippen LogP contribution in [-0.4, -0.2) is 23.3 Å². The largest absolute Gasteiger partial charge is 0.494 e. The first-order chi connectivity index (χ1) is 15.5. The van der Waals surface area contributed by atoms with Gasteiger partial charge in [-0.1, -0.05) is 54.1 Å². The molecule has 0 saturated heterocycles. The zero-order valence-corrected chi connectivity index (χ0v) is 18.5. The van der Waals surface area contributed by atoms with Gasteiger partial charge in [-0.3, -0.25) is 14.5 Å². The van der Waals surface area contributed by atoms with Gasteiger partial charge in [0.1, 0.15) is 11.4 Å². The molecular weight excluding hydrogens is 400 g/mol. The minimum Gasteiger partial charge on any atom is -0.494 e. The summed E-state index contributed by atoms with van der Waals surface area (Å²) in [6.07, 6.45) is 0. The Morgan fingerprint density at radius 2 is 1.56 bits per heavy atom. The molecule has 4 rings (SSSR count). The summed E-state index contributed by atoms with van der Waals surface area (Å²) in [5.74, 6) is 0.0779. The molecule has 0 aromatic heterocycles. The zero-order chi connectivity index (χ0) is 22.7. The van der Waals surface area contributed by atoms with E-state index in [9.17, 15) is 9.59 Å². The van der Waals surface area contributed by atoms with Gasteiger partial charge in [0.15, 0.2) is 0 Å². The molecule has 1 heterocycles. The Hall–Kier alpha value is -3.86. The lowest BCUT2D eigenvalue weighted by molar-refractivity contribution is -0.137. The van der Waals surface area contributed by atoms with Crippen LogP contribution in [0.1, 0.15) is 29.2 Å². The average molecular weight is 427 g/mol. The van der Waals surface area contributed by atoms with E-state index < -0.39 is 0 Å². The number of aryl methyl sites for hydroxylation is 2. The van der Waals surface area contributed by atoms with Gasteiger partial charge in [-0.2, -0.15) is 0 Å². The van der Waals surface area contributed by atoms with Crippen molar-refractivity contribution in [1.29, 1.82) is 0 Å². The second-order valence-corrected chi connectivity index (χ2v) is 7.88. The third kappa shape index (κ3) is 4.42. The molecule has 32 heavy (non-hydrogen) atoms. The summed E-state index contributed by atoms with van der Waals surface area (Å²) in [5.41, 5.74) is 5.19. The number of amides is 2. The Labute approximate surface area is 188 Å². The molecule has 0 bridgehead atoms. The van der Waals surface area contributed by atoms with Gasteiger partial charge in [-0.15, -0.1) is 0 Å². The smallest absolute Gasteiger partial charge is 0.278 e. The van der Waals surface area contributed by atoms with Gasteiger partial charge in [0.25, 0.3) is 11.8 Å². The topological polar surface area (TPSA) is 58.6 Å². The lowest BCUT2D eigenvalue weighted by Gasteiger charge is -2.15. The highest BCUT2D eigenvalue weighted by Gasteiger charge is 2.39. The van der Waals surface area contributed by atoms with Crippen molar-refractivity contribution in [2.75, 3.05) is 11.9 Å². The van der Waals surface area contributed by atoms with E-state index in [1.54, 1.807) is 0 Å². The normalized spacial score (nSPS) is 13.7. The summed E-state index contributed by atoms with van der Waals surface area (Å²) in [5, 5.41) is 3.21. The maximum atomic E-state index is 13.4. The molecule has 0 saturated carbocycles. The molecule has 1 N–H and O–H groups in total. The van der Waals surface area contributed by atoms with Crippen molar-refractivity contribution in [2.45, 2.75) is 27.3 Å². The molecule has 5 nitrogen and oxygen atoms in total. The van der Waals surface area contributed by atoms with Crippen molar-refractivity contribution in [3.63, 3.8) is 0 Å². The monoisotopic (exact) mass is 426 g/mol. The molecule has 0 spiro atoms. The van der Waals surface area contributed by atoms with E-state index in [4.69, 9.17) is 4.74 Å². The predicted octanol–water partition coefficient (Wildman–Crippen LogP) is 5.09. The van der Waals surface area contributed by atoms with E-state index in [0.717, 1.165) is 28.1 Å². The molecular formula is C27H26N2O3. The van der Waals surface area contributed by atoms with E-state index in [2.05, 4.69) is 5.32 Å². The van der Waals surface area contributed by atoms with Crippen molar-refractivity contribution in [3.8, 4) is 5.75 Å². The first-order valence-electron chi connectivity index (χ1n) is 10.7. The summed E-state index contributed by atoms with van der Waals surface area (Å²) in [6.45, 7) is 6.69. The Kier molecular flexibility index (Phi) is 6.08. The molecule has 0 aliphatic carbocycles. The van der Waals surface area contributed by atoms with Crippen molar-refractivity contribution in [3.05, 3.63) is 101 Å². The van der Waals surface area contributed by atoms with Crippen LogP contribution in [0.25, 0.3) is 5.57 Å². The summed E-state index contributed by atoms with van der Waals surface area (Å²) >= 11 is 0. The predicted molar refractivity (Wildman–Crippen MR) is 126 cm³/mol. The van der Waals surface area contributed by atoms with Gasteiger partial charge in [0, 0.05) is 5.69 Å². The zero-order valence-electron chi connectivity index (χ0n) is 18.5. The van der Waals surface area contributed by atoms with Crippen molar-refractivity contribution >= 4 is 23.1 Å². The Morgan fingerprint density at radius 3 is 2.22 bits per heavy atom. The highest BCUT2D eigenvalue weighted by molar-refractivity contribution is 6.36. The maximum absolute atomic E-state index is 13.4. The molecule has 2 amide bonds. The number of rotatable bonds is 7. The van der Waals surface area contributed by atoms with E-state index in [1.807, 2.05) is 93.6 Å². The number of hydrogen-bond acceptors (Lipinski definition) is 4. The number of carbonyl (C=O) groups is 2. The minimum absolute atomic E-state index is 0.220. The fraction of sp³-hybridized carbons (Fsp3) is 0.185. The highest BCUT2D eigenvalue weighted by atomic mass is 16.5. The van der Waals surface area contributed by atoms with Gasteiger partial charge in [0.2, 0.25) is 0 Å². The molecule has 5 heteroatoms. The van der Waals surface area contributed by atoms with Gasteiger partial charge < -0.3 is 10.1 Å². The van der Waals surface area contributed by atoms with Crippen LogP contribution >= 0.6 is 0 Å². The molecule has 1 aliphatic heterocycles. The molecule has 0 atom stereocenters. The molecule has 3 aromatic rings. The third-order valence-electron chi connectivity index (χ3n) is 5.37. The van der Waals surface area contributed by atoms with E-state index >= 15 is 0 Å². The van der Waals surface area contributed by atoms with E-state index in [0.29, 0.717) is 17.7 Å². The Morgan fingerprint density at radius 1 is 0.844 bits per heavy atom. The molecule has 3 aromatic carbocycles. The summed E-state index contributed by atoms with van der Waals surface area (Å²) in [6, 6.07) is 22.8. The number of benzene rings is 3. The van der Waals surface area contributed by atoms with Crippen molar-refractivity contribution < 1.29 is 14.3 Å². The second-order valence-electron chi connectivity index (χ2n) is 7.88. The van der Waals surface area contributed by atoms with Crippen LogP contribution < -0.4 is 10.1 Å². The number of imide groups is 1. The van der Waals surface area contributed by atoms with Gasteiger partial charge in [-0.25, -0.2) is 0 Å².